The molecule has 3 heteroatoms. The van der Waals surface area contributed by atoms with Gasteiger partial charge in [0.15, 0.2) is 0 Å². The molecule has 0 bridgehead atoms. The van der Waals surface area contributed by atoms with Crippen LogP contribution in [0.25, 0.3) is 0 Å². The molecule has 0 heterocycles. The first-order valence-corrected chi connectivity index (χ1v) is 4.09. The third kappa shape index (κ3) is 9.46. The molecule has 0 aliphatic heterocycles. The smallest absolute Gasteiger partial charge is 0.111 e. The highest BCUT2D eigenvalue weighted by atomic mass is 16.5. The summed E-state index contributed by atoms with van der Waals surface area (Å²) < 4.78 is 15.1. The van der Waals surface area contributed by atoms with Gasteiger partial charge in [-0.05, 0) is 19.4 Å². The summed E-state index contributed by atoms with van der Waals surface area (Å²) >= 11 is 0. The summed E-state index contributed by atoms with van der Waals surface area (Å²) in [6, 6.07) is 0. The molecule has 0 spiro atoms. The number of ether oxygens (including phenoxy) is 3. The Bertz CT molecular complexity index is 117. The van der Waals surface area contributed by atoms with Crippen molar-refractivity contribution in [1.29, 1.82) is 0 Å². The molecule has 0 saturated heterocycles. The predicted molar refractivity (Wildman–Crippen MR) is 48.1 cm³/mol. The Morgan fingerprint density at radius 1 is 1.08 bits per heavy atom. The van der Waals surface area contributed by atoms with Gasteiger partial charge in [-0.1, -0.05) is 0 Å². The van der Waals surface area contributed by atoms with Crippen molar-refractivity contribution in [2.45, 2.75) is 13.8 Å². The lowest BCUT2D eigenvalue weighted by atomic mass is 10.4. The van der Waals surface area contributed by atoms with E-state index in [4.69, 9.17) is 14.2 Å². The normalized spacial score (nSPS) is 9.58. The standard InChI is InChI=1S/C9H18O3/c1-9(2)8-12-7-6-11-5-4-10-3/h8H,4-7H2,1-3H3. The zero-order valence-electron chi connectivity index (χ0n) is 8.13. The summed E-state index contributed by atoms with van der Waals surface area (Å²) in [4.78, 5) is 0. The fourth-order valence-corrected chi connectivity index (χ4v) is 0.577. The van der Waals surface area contributed by atoms with E-state index in [-0.39, 0.29) is 0 Å². The molecule has 0 aromatic rings. The number of allylic oxidation sites excluding steroid dienone is 1. The van der Waals surface area contributed by atoms with Gasteiger partial charge in [-0.25, -0.2) is 0 Å². The van der Waals surface area contributed by atoms with Gasteiger partial charge in [0.2, 0.25) is 0 Å². The molecule has 0 aliphatic rings. The van der Waals surface area contributed by atoms with Crippen LogP contribution in [0.1, 0.15) is 13.8 Å². The molecular weight excluding hydrogens is 156 g/mol. The van der Waals surface area contributed by atoms with Crippen LogP contribution in [0.3, 0.4) is 0 Å². The van der Waals surface area contributed by atoms with E-state index in [2.05, 4.69) is 0 Å². The maximum atomic E-state index is 5.18. The summed E-state index contributed by atoms with van der Waals surface area (Å²) in [6.45, 7) is 6.48. The predicted octanol–water partition coefficient (Wildman–Crippen LogP) is 1.59. The molecule has 0 aromatic heterocycles. The van der Waals surface area contributed by atoms with Crippen molar-refractivity contribution in [3.05, 3.63) is 11.8 Å². The van der Waals surface area contributed by atoms with Gasteiger partial charge in [-0.15, -0.1) is 0 Å². The summed E-state index contributed by atoms with van der Waals surface area (Å²) in [5.41, 5.74) is 1.16. The monoisotopic (exact) mass is 174 g/mol. The quantitative estimate of drug-likeness (QED) is 0.433. The lowest BCUT2D eigenvalue weighted by Crippen LogP contribution is -2.06. The third-order valence-electron chi connectivity index (χ3n) is 1.10. The molecule has 0 aliphatic carbocycles. The Labute approximate surface area is 74.3 Å². The molecule has 0 aromatic carbocycles. The van der Waals surface area contributed by atoms with Crippen LogP contribution in [0, 0.1) is 0 Å². The number of hydrogen-bond acceptors (Lipinski definition) is 3. The highest BCUT2D eigenvalue weighted by Crippen LogP contribution is 1.89. The first-order valence-electron chi connectivity index (χ1n) is 4.09. The third-order valence-corrected chi connectivity index (χ3v) is 1.10. The van der Waals surface area contributed by atoms with Crippen LogP contribution in [0.15, 0.2) is 11.8 Å². The molecule has 12 heavy (non-hydrogen) atoms. The molecule has 0 N–H and O–H groups in total. The van der Waals surface area contributed by atoms with E-state index in [0.29, 0.717) is 26.4 Å². The second-order valence-electron chi connectivity index (χ2n) is 2.67. The zero-order valence-corrected chi connectivity index (χ0v) is 8.13. The van der Waals surface area contributed by atoms with Crippen LogP contribution < -0.4 is 0 Å². The average molecular weight is 174 g/mol. The number of rotatable bonds is 7. The van der Waals surface area contributed by atoms with Gasteiger partial charge in [0, 0.05) is 7.11 Å². The first-order chi connectivity index (χ1) is 5.77. The Morgan fingerprint density at radius 2 is 1.75 bits per heavy atom. The molecular formula is C9H18O3. The Balaban J connectivity index is 2.96. The second-order valence-corrected chi connectivity index (χ2v) is 2.67. The van der Waals surface area contributed by atoms with Crippen LogP contribution in [0.2, 0.25) is 0 Å². The molecule has 0 unspecified atom stereocenters. The van der Waals surface area contributed by atoms with Crippen LogP contribution >= 0.6 is 0 Å². The van der Waals surface area contributed by atoms with Gasteiger partial charge < -0.3 is 14.2 Å². The lowest BCUT2D eigenvalue weighted by Gasteiger charge is -2.03. The second kappa shape index (κ2) is 8.56. The molecule has 72 valence electrons. The summed E-state index contributed by atoms with van der Waals surface area (Å²) in [5.74, 6) is 0. The van der Waals surface area contributed by atoms with E-state index in [1.807, 2.05) is 13.8 Å². The van der Waals surface area contributed by atoms with Gasteiger partial charge in [0.25, 0.3) is 0 Å². The Kier molecular flexibility index (Phi) is 8.17. The summed E-state index contributed by atoms with van der Waals surface area (Å²) in [5, 5.41) is 0. The van der Waals surface area contributed by atoms with E-state index < -0.39 is 0 Å². The van der Waals surface area contributed by atoms with E-state index >= 15 is 0 Å². The summed E-state index contributed by atoms with van der Waals surface area (Å²) in [6.07, 6.45) is 1.74. The van der Waals surface area contributed by atoms with Gasteiger partial charge in [0.05, 0.1) is 26.1 Å². The van der Waals surface area contributed by atoms with Crippen molar-refractivity contribution in [1.82, 2.24) is 0 Å². The SMILES string of the molecule is COCCOCCOC=C(C)C. The largest absolute Gasteiger partial charge is 0.499 e. The van der Waals surface area contributed by atoms with Crippen molar-refractivity contribution < 1.29 is 14.2 Å². The van der Waals surface area contributed by atoms with Crippen LogP contribution in [-0.2, 0) is 14.2 Å². The fourth-order valence-electron chi connectivity index (χ4n) is 0.577. The van der Waals surface area contributed by atoms with E-state index in [9.17, 15) is 0 Å². The zero-order chi connectivity index (χ0) is 9.23. The van der Waals surface area contributed by atoms with Crippen molar-refractivity contribution in [2.75, 3.05) is 33.5 Å². The Morgan fingerprint density at radius 3 is 2.33 bits per heavy atom. The van der Waals surface area contributed by atoms with Crippen LogP contribution in [0.5, 0.6) is 0 Å². The molecule has 0 fully saturated rings. The van der Waals surface area contributed by atoms with Gasteiger partial charge in [0.1, 0.15) is 6.61 Å². The van der Waals surface area contributed by atoms with E-state index in [1.165, 1.54) is 0 Å². The highest BCUT2D eigenvalue weighted by Gasteiger charge is 1.86. The maximum Gasteiger partial charge on any atom is 0.111 e. The van der Waals surface area contributed by atoms with E-state index in [1.54, 1.807) is 13.4 Å². The summed E-state index contributed by atoms with van der Waals surface area (Å²) in [7, 11) is 1.66. The first kappa shape index (κ1) is 11.5. The molecule has 0 atom stereocenters. The van der Waals surface area contributed by atoms with Gasteiger partial charge >= 0.3 is 0 Å². The van der Waals surface area contributed by atoms with Crippen LogP contribution in [0.4, 0.5) is 0 Å². The minimum Gasteiger partial charge on any atom is -0.499 e. The minimum atomic E-state index is 0.606. The lowest BCUT2D eigenvalue weighted by molar-refractivity contribution is 0.0461. The number of methoxy groups -OCH3 is 1. The van der Waals surface area contributed by atoms with Crippen molar-refractivity contribution >= 4 is 0 Å². The van der Waals surface area contributed by atoms with Gasteiger partial charge in [-0.2, -0.15) is 0 Å². The fraction of sp³-hybridized carbons (Fsp3) is 0.778. The van der Waals surface area contributed by atoms with E-state index in [0.717, 1.165) is 5.57 Å². The van der Waals surface area contributed by atoms with Crippen LogP contribution in [-0.4, -0.2) is 33.5 Å². The molecule has 0 saturated carbocycles. The molecule has 3 nitrogen and oxygen atoms in total. The Hall–Kier alpha value is -0.540. The average Bonchev–Trinajstić information content (AvgIpc) is 2.02. The van der Waals surface area contributed by atoms with Gasteiger partial charge in [-0.3, -0.25) is 0 Å². The van der Waals surface area contributed by atoms with Crippen molar-refractivity contribution in [3.8, 4) is 0 Å². The molecule has 0 rings (SSSR count). The molecule has 0 amide bonds. The number of hydrogen-bond donors (Lipinski definition) is 0. The maximum absolute atomic E-state index is 5.18. The van der Waals surface area contributed by atoms with Crippen molar-refractivity contribution in [2.24, 2.45) is 0 Å². The topological polar surface area (TPSA) is 27.7 Å². The minimum absolute atomic E-state index is 0.606. The highest BCUT2D eigenvalue weighted by molar-refractivity contribution is 4.86. The molecule has 0 radical (unpaired) electrons. The van der Waals surface area contributed by atoms with Crippen molar-refractivity contribution in [3.63, 3.8) is 0 Å².